The second kappa shape index (κ2) is 7.89. The van der Waals surface area contributed by atoms with E-state index in [-0.39, 0.29) is 0 Å². The average Bonchev–Trinajstić information content (AvgIpc) is 2.49. The molecule has 1 aliphatic carbocycles. The molecule has 0 unspecified atom stereocenters. The van der Waals surface area contributed by atoms with Crippen molar-refractivity contribution in [1.82, 2.24) is 10.2 Å². The first kappa shape index (κ1) is 15.6. The molecule has 4 heteroatoms. The maximum Gasteiger partial charge on any atom is 0.169 e. The molecule has 0 aliphatic heterocycles. The molecule has 0 atom stereocenters. The lowest BCUT2D eigenvalue weighted by molar-refractivity contribution is 0.392. The predicted octanol–water partition coefficient (Wildman–Crippen LogP) is 4.05. The quantitative estimate of drug-likeness (QED) is 0.666. The Bertz CT molecular complexity index is 425. The first-order valence-electron chi connectivity index (χ1n) is 7.33. The van der Waals surface area contributed by atoms with Gasteiger partial charge in [0.1, 0.15) is 0 Å². The standard InChI is InChI=1S/C16H24N2S2/c1-18(12-13-8-10-15(20-2)11-9-13)16(19)17-14-6-4-3-5-7-14/h8-11,14H,3-7,12H2,1-2H3,(H,17,19). The highest BCUT2D eigenvalue weighted by Gasteiger charge is 2.15. The SMILES string of the molecule is CSc1ccc(CN(C)C(=S)NC2CCCCC2)cc1. The first-order valence-corrected chi connectivity index (χ1v) is 8.97. The van der Waals surface area contributed by atoms with Gasteiger partial charge < -0.3 is 10.2 Å². The normalized spacial score (nSPS) is 15.9. The molecule has 1 aliphatic rings. The lowest BCUT2D eigenvalue weighted by Crippen LogP contribution is -2.43. The summed E-state index contributed by atoms with van der Waals surface area (Å²) in [5.74, 6) is 0. The van der Waals surface area contributed by atoms with Crippen molar-refractivity contribution in [1.29, 1.82) is 0 Å². The monoisotopic (exact) mass is 308 g/mol. The number of rotatable bonds is 4. The molecule has 1 saturated carbocycles. The number of thioether (sulfide) groups is 1. The highest BCUT2D eigenvalue weighted by Crippen LogP contribution is 2.18. The number of nitrogens with zero attached hydrogens (tertiary/aromatic N) is 1. The van der Waals surface area contributed by atoms with Crippen LogP contribution in [0, 0.1) is 0 Å². The van der Waals surface area contributed by atoms with Crippen LogP contribution in [0.5, 0.6) is 0 Å². The minimum Gasteiger partial charge on any atom is -0.360 e. The number of nitrogens with one attached hydrogen (secondary N) is 1. The van der Waals surface area contributed by atoms with Crippen LogP contribution in [0.4, 0.5) is 0 Å². The van der Waals surface area contributed by atoms with Crippen molar-refractivity contribution in [3.8, 4) is 0 Å². The molecule has 0 heterocycles. The van der Waals surface area contributed by atoms with Gasteiger partial charge in [0.2, 0.25) is 0 Å². The zero-order valence-corrected chi connectivity index (χ0v) is 14.0. The van der Waals surface area contributed by atoms with Crippen LogP contribution < -0.4 is 5.32 Å². The fourth-order valence-corrected chi connectivity index (χ4v) is 3.25. The summed E-state index contributed by atoms with van der Waals surface area (Å²) >= 11 is 7.29. The van der Waals surface area contributed by atoms with Crippen LogP contribution in [0.25, 0.3) is 0 Å². The van der Waals surface area contributed by atoms with E-state index in [0.717, 1.165) is 11.7 Å². The summed E-state index contributed by atoms with van der Waals surface area (Å²) in [5.41, 5.74) is 1.30. The third-order valence-electron chi connectivity index (χ3n) is 3.86. The lowest BCUT2D eigenvalue weighted by atomic mass is 9.96. The Labute approximate surface area is 132 Å². The third-order valence-corrected chi connectivity index (χ3v) is 5.03. The van der Waals surface area contributed by atoms with E-state index in [1.165, 1.54) is 42.6 Å². The molecule has 20 heavy (non-hydrogen) atoms. The van der Waals surface area contributed by atoms with Gasteiger partial charge in [0.25, 0.3) is 0 Å². The minimum absolute atomic E-state index is 0.581. The summed E-state index contributed by atoms with van der Waals surface area (Å²) in [6.07, 6.45) is 8.67. The number of benzene rings is 1. The first-order chi connectivity index (χ1) is 9.69. The van der Waals surface area contributed by atoms with Gasteiger partial charge in [-0.05, 0) is 49.0 Å². The Hall–Kier alpha value is -0.740. The topological polar surface area (TPSA) is 15.3 Å². The molecule has 1 aromatic rings. The summed E-state index contributed by atoms with van der Waals surface area (Å²) < 4.78 is 0. The Morgan fingerprint density at radius 1 is 1.25 bits per heavy atom. The molecule has 110 valence electrons. The van der Waals surface area contributed by atoms with Crippen LogP contribution in [0.15, 0.2) is 29.2 Å². The van der Waals surface area contributed by atoms with Crippen molar-refractivity contribution in [3.05, 3.63) is 29.8 Å². The maximum atomic E-state index is 5.52. The van der Waals surface area contributed by atoms with Gasteiger partial charge in [0, 0.05) is 24.5 Å². The molecule has 0 saturated heterocycles. The van der Waals surface area contributed by atoms with Crippen molar-refractivity contribution in [3.63, 3.8) is 0 Å². The smallest absolute Gasteiger partial charge is 0.169 e. The Morgan fingerprint density at radius 2 is 1.90 bits per heavy atom. The molecule has 1 N–H and O–H groups in total. The van der Waals surface area contributed by atoms with E-state index in [2.05, 4.69) is 47.8 Å². The van der Waals surface area contributed by atoms with Crippen molar-refractivity contribution in [2.75, 3.05) is 13.3 Å². The molecule has 0 radical (unpaired) electrons. The van der Waals surface area contributed by atoms with E-state index in [0.29, 0.717) is 6.04 Å². The second-order valence-electron chi connectivity index (χ2n) is 5.49. The molecule has 2 nitrogen and oxygen atoms in total. The number of hydrogen-bond acceptors (Lipinski definition) is 2. The molecule has 0 bridgehead atoms. The zero-order valence-electron chi connectivity index (χ0n) is 12.4. The molecule has 1 aromatic carbocycles. The van der Waals surface area contributed by atoms with Crippen LogP contribution in [-0.4, -0.2) is 29.4 Å². The molecule has 1 fully saturated rings. The van der Waals surface area contributed by atoms with Crippen molar-refractivity contribution in [2.45, 2.75) is 49.6 Å². The zero-order chi connectivity index (χ0) is 14.4. The average molecular weight is 309 g/mol. The number of thiocarbonyl (C=S) groups is 1. The van der Waals surface area contributed by atoms with Gasteiger partial charge in [0.05, 0.1) is 0 Å². The summed E-state index contributed by atoms with van der Waals surface area (Å²) in [4.78, 5) is 3.44. The van der Waals surface area contributed by atoms with E-state index in [1.54, 1.807) is 11.8 Å². The Balaban J connectivity index is 1.83. The van der Waals surface area contributed by atoms with E-state index < -0.39 is 0 Å². The van der Waals surface area contributed by atoms with Crippen LogP contribution in [-0.2, 0) is 6.54 Å². The molecule has 0 aromatic heterocycles. The van der Waals surface area contributed by atoms with Gasteiger partial charge in [-0.1, -0.05) is 31.4 Å². The Kier molecular flexibility index (Phi) is 6.17. The minimum atomic E-state index is 0.581. The van der Waals surface area contributed by atoms with Gasteiger partial charge in [-0.15, -0.1) is 11.8 Å². The molecule has 2 rings (SSSR count). The van der Waals surface area contributed by atoms with Gasteiger partial charge in [0.15, 0.2) is 5.11 Å². The van der Waals surface area contributed by atoms with Gasteiger partial charge in [-0.3, -0.25) is 0 Å². The molecular formula is C16H24N2S2. The third kappa shape index (κ3) is 4.67. The lowest BCUT2D eigenvalue weighted by Gasteiger charge is -2.28. The molecular weight excluding hydrogens is 284 g/mol. The van der Waals surface area contributed by atoms with Gasteiger partial charge in [-0.25, -0.2) is 0 Å². The van der Waals surface area contributed by atoms with E-state index in [1.807, 2.05) is 0 Å². The Morgan fingerprint density at radius 3 is 2.50 bits per heavy atom. The summed E-state index contributed by atoms with van der Waals surface area (Å²) in [5, 5.41) is 4.40. The van der Waals surface area contributed by atoms with E-state index >= 15 is 0 Å². The van der Waals surface area contributed by atoms with Gasteiger partial charge in [-0.2, -0.15) is 0 Å². The largest absolute Gasteiger partial charge is 0.360 e. The van der Waals surface area contributed by atoms with Crippen LogP contribution >= 0.6 is 24.0 Å². The molecule has 0 amide bonds. The van der Waals surface area contributed by atoms with Crippen LogP contribution in [0.1, 0.15) is 37.7 Å². The van der Waals surface area contributed by atoms with E-state index in [9.17, 15) is 0 Å². The van der Waals surface area contributed by atoms with Crippen molar-refractivity contribution >= 4 is 29.1 Å². The highest BCUT2D eigenvalue weighted by atomic mass is 32.2. The summed E-state index contributed by atoms with van der Waals surface area (Å²) in [6, 6.07) is 9.30. The fourth-order valence-electron chi connectivity index (χ4n) is 2.61. The number of hydrogen-bond donors (Lipinski definition) is 1. The van der Waals surface area contributed by atoms with Crippen LogP contribution in [0.2, 0.25) is 0 Å². The maximum absolute atomic E-state index is 5.52. The predicted molar refractivity (Wildman–Crippen MR) is 92.3 cm³/mol. The summed E-state index contributed by atoms with van der Waals surface area (Å²) in [6.45, 7) is 0.868. The highest BCUT2D eigenvalue weighted by molar-refractivity contribution is 7.98. The van der Waals surface area contributed by atoms with E-state index in [4.69, 9.17) is 12.2 Å². The van der Waals surface area contributed by atoms with Crippen molar-refractivity contribution < 1.29 is 0 Å². The molecule has 0 spiro atoms. The van der Waals surface area contributed by atoms with Crippen molar-refractivity contribution in [2.24, 2.45) is 0 Å². The fraction of sp³-hybridized carbons (Fsp3) is 0.562. The second-order valence-corrected chi connectivity index (χ2v) is 6.75. The van der Waals surface area contributed by atoms with Gasteiger partial charge >= 0.3 is 0 Å². The summed E-state index contributed by atoms with van der Waals surface area (Å²) in [7, 11) is 2.07. The van der Waals surface area contributed by atoms with Crippen LogP contribution in [0.3, 0.4) is 0 Å².